The molecule has 1 unspecified atom stereocenters. The summed E-state index contributed by atoms with van der Waals surface area (Å²) in [4.78, 5) is 27.5. The molecule has 0 saturated heterocycles. The van der Waals surface area contributed by atoms with Gasteiger partial charge in [-0.15, -0.1) is 0 Å². The number of nitrogens with zero attached hydrogens (tertiary/aromatic N) is 3. The number of carboxylic acid groups (broad SMARTS) is 1. The van der Waals surface area contributed by atoms with Crippen LogP contribution in [0.1, 0.15) is 31.9 Å². The van der Waals surface area contributed by atoms with Gasteiger partial charge in [0.1, 0.15) is 6.10 Å². The van der Waals surface area contributed by atoms with Gasteiger partial charge in [0, 0.05) is 30.6 Å². The molecule has 0 aliphatic carbocycles. The number of alkyl halides is 3. The van der Waals surface area contributed by atoms with Crippen LogP contribution >= 0.6 is 0 Å². The molecule has 1 atom stereocenters. The molecule has 30 heavy (non-hydrogen) atoms. The van der Waals surface area contributed by atoms with Gasteiger partial charge in [-0.05, 0) is 24.6 Å². The van der Waals surface area contributed by atoms with Crippen molar-refractivity contribution in [3.63, 3.8) is 0 Å². The van der Waals surface area contributed by atoms with E-state index in [-0.39, 0.29) is 12.0 Å². The Morgan fingerprint density at radius 3 is 2.57 bits per heavy atom. The van der Waals surface area contributed by atoms with Crippen molar-refractivity contribution >= 4 is 11.9 Å². The van der Waals surface area contributed by atoms with Crippen molar-refractivity contribution in [3.05, 3.63) is 48.4 Å². The Kier molecular flexibility index (Phi) is 8.25. The van der Waals surface area contributed by atoms with Crippen LogP contribution in [-0.2, 0) is 22.7 Å². The molecule has 0 fully saturated rings. The molecule has 3 heterocycles. The van der Waals surface area contributed by atoms with Crippen molar-refractivity contribution in [2.45, 2.75) is 51.6 Å². The van der Waals surface area contributed by atoms with E-state index in [0.717, 1.165) is 25.1 Å². The topological polar surface area (TPSA) is 84.7 Å². The highest BCUT2D eigenvalue weighted by Gasteiger charge is 2.38. The summed E-state index contributed by atoms with van der Waals surface area (Å²) < 4.78 is 39.9. The first kappa shape index (κ1) is 23.2. The van der Waals surface area contributed by atoms with Crippen LogP contribution in [0.25, 0.3) is 0 Å². The number of hydrogen-bond donors (Lipinski definition) is 1. The van der Waals surface area contributed by atoms with Crippen LogP contribution in [0.15, 0.2) is 42.7 Å². The van der Waals surface area contributed by atoms with Gasteiger partial charge in [0.2, 0.25) is 11.8 Å². The van der Waals surface area contributed by atoms with Gasteiger partial charge >= 0.3 is 12.1 Å². The van der Waals surface area contributed by atoms with E-state index in [9.17, 15) is 18.0 Å². The first-order valence-electron chi connectivity index (χ1n) is 9.50. The van der Waals surface area contributed by atoms with Crippen molar-refractivity contribution in [1.29, 1.82) is 0 Å². The number of pyridine rings is 1. The van der Waals surface area contributed by atoms with Crippen LogP contribution in [0.2, 0.25) is 0 Å². The molecule has 0 bridgehead atoms. The Bertz CT molecular complexity index is 824. The summed E-state index contributed by atoms with van der Waals surface area (Å²) in [6, 6.07) is 9.72. The van der Waals surface area contributed by atoms with Crippen LogP contribution in [0.3, 0.4) is 0 Å². The fourth-order valence-corrected chi connectivity index (χ4v) is 2.89. The second kappa shape index (κ2) is 10.7. The zero-order chi connectivity index (χ0) is 22.1. The minimum atomic E-state index is -5.08. The Morgan fingerprint density at radius 1 is 1.23 bits per heavy atom. The predicted molar refractivity (Wildman–Crippen MR) is 102 cm³/mol. The normalized spacial score (nSPS) is 16.0. The number of fused-ring (bicyclic) bond motifs is 1. The van der Waals surface area contributed by atoms with Crippen LogP contribution in [0.4, 0.5) is 13.2 Å². The number of rotatable bonds is 5. The molecular formula is C20H24F3N3O4. The zero-order valence-corrected chi connectivity index (χ0v) is 16.5. The molecule has 1 N–H and O–H groups in total. The Balaban J connectivity index is 0.000000396. The molecule has 0 radical (unpaired) electrons. The lowest BCUT2D eigenvalue weighted by molar-refractivity contribution is -0.192. The number of unbranched alkanes of at least 4 members (excludes halogenated alkanes) is 1. The molecule has 3 rings (SSSR count). The maximum Gasteiger partial charge on any atom is 0.490 e. The highest BCUT2D eigenvalue weighted by atomic mass is 19.4. The lowest BCUT2D eigenvalue weighted by Crippen LogP contribution is -2.38. The van der Waals surface area contributed by atoms with E-state index in [1.807, 2.05) is 35.4 Å². The molecule has 1 aliphatic heterocycles. The van der Waals surface area contributed by atoms with Crippen LogP contribution in [0.5, 0.6) is 5.88 Å². The van der Waals surface area contributed by atoms with Gasteiger partial charge in [-0.2, -0.15) is 13.2 Å². The first-order valence-corrected chi connectivity index (χ1v) is 9.50. The number of carbonyl (C=O) groups excluding carboxylic acids is 1. The molecular weight excluding hydrogens is 403 g/mol. The van der Waals surface area contributed by atoms with Gasteiger partial charge in [0.15, 0.2) is 0 Å². The summed E-state index contributed by atoms with van der Waals surface area (Å²) >= 11 is 0. The molecule has 7 nitrogen and oxygen atoms in total. The molecule has 2 aromatic rings. The van der Waals surface area contributed by atoms with Gasteiger partial charge in [0.05, 0.1) is 19.6 Å². The molecule has 0 aromatic carbocycles. The van der Waals surface area contributed by atoms with Crippen LogP contribution in [-0.4, -0.2) is 50.3 Å². The second-order valence-corrected chi connectivity index (χ2v) is 6.74. The molecule has 0 saturated carbocycles. The van der Waals surface area contributed by atoms with E-state index in [2.05, 4.69) is 22.5 Å². The maximum absolute atomic E-state index is 12.5. The number of carbonyl (C=O) groups is 2. The lowest BCUT2D eigenvalue weighted by atomic mass is 10.2. The first-order chi connectivity index (χ1) is 14.2. The van der Waals surface area contributed by atoms with E-state index in [1.54, 1.807) is 6.20 Å². The summed E-state index contributed by atoms with van der Waals surface area (Å²) in [5, 5.41) is 7.12. The fraction of sp³-hybridized carbons (Fsp3) is 0.450. The summed E-state index contributed by atoms with van der Waals surface area (Å²) in [7, 11) is 0. The lowest BCUT2D eigenvalue weighted by Gasteiger charge is -2.24. The third kappa shape index (κ3) is 7.09. The van der Waals surface area contributed by atoms with Crippen molar-refractivity contribution < 1.29 is 32.6 Å². The summed E-state index contributed by atoms with van der Waals surface area (Å²) in [5.41, 5.74) is 1.15. The van der Waals surface area contributed by atoms with Crippen molar-refractivity contribution in [2.24, 2.45) is 0 Å². The van der Waals surface area contributed by atoms with Crippen LogP contribution < -0.4 is 4.74 Å². The fourth-order valence-electron chi connectivity index (χ4n) is 2.89. The molecule has 1 amide bonds. The number of aromatic nitrogens is 2. The van der Waals surface area contributed by atoms with Crippen molar-refractivity contribution in [2.75, 3.05) is 6.54 Å². The highest BCUT2D eigenvalue weighted by Crippen LogP contribution is 2.18. The van der Waals surface area contributed by atoms with Gasteiger partial charge < -0.3 is 19.3 Å². The summed E-state index contributed by atoms with van der Waals surface area (Å²) in [6.45, 7) is 4.09. The molecule has 10 heteroatoms. The van der Waals surface area contributed by atoms with Gasteiger partial charge in [-0.3, -0.25) is 4.79 Å². The number of hydrogen-bond acceptors (Lipinski definition) is 4. The molecule has 2 aromatic heterocycles. The molecule has 1 aliphatic rings. The van der Waals surface area contributed by atoms with E-state index in [1.165, 1.54) is 0 Å². The quantitative estimate of drug-likeness (QED) is 0.790. The highest BCUT2D eigenvalue weighted by molar-refractivity contribution is 5.76. The largest absolute Gasteiger partial charge is 0.490 e. The monoisotopic (exact) mass is 427 g/mol. The zero-order valence-electron chi connectivity index (χ0n) is 16.5. The third-order valence-electron chi connectivity index (χ3n) is 4.37. The van der Waals surface area contributed by atoms with Crippen molar-refractivity contribution in [3.8, 4) is 5.88 Å². The predicted octanol–water partition coefficient (Wildman–Crippen LogP) is 3.50. The van der Waals surface area contributed by atoms with Gasteiger partial charge in [0.25, 0.3) is 0 Å². The maximum atomic E-state index is 12.5. The standard InChI is InChI=1S/C18H23N3O2.C2HF3O2/c1-2-3-9-18(22)21-12-15-7-6-11-20(15)13-16(14-21)23-17-8-4-5-10-19-17;3-2(4,5)1(6)7/h4-8,10-11,16H,2-3,9,12-14H2,1H3;(H,6,7). The smallest absolute Gasteiger partial charge is 0.475 e. The minimum Gasteiger partial charge on any atom is -0.475 e. The number of ether oxygens (including phenoxy) is 1. The number of amides is 1. The number of carboxylic acids is 1. The van der Waals surface area contributed by atoms with Gasteiger partial charge in [-0.25, -0.2) is 9.78 Å². The Labute approximate surface area is 172 Å². The van der Waals surface area contributed by atoms with E-state index in [4.69, 9.17) is 14.6 Å². The SMILES string of the molecule is CCCCC(=O)N1Cc2cccn2CC(Oc2ccccn2)C1.O=C(O)C(F)(F)F. The van der Waals surface area contributed by atoms with Crippen molar-refractivity contribution in [1.82, 2.24) is 14.5 Å². The summed E-state index contributed by atoms with van der Waals surface area (Å²) in [5.74, 6) is -1.95. The molecule has 164 valence electrons. The molecule has 0 spiro atoms. The second-order valence-electron chi connectivity index (χ2n) is 6.74. The van der Waals surface area contributed by atoms with Crippen LogP contribution in [0, 0.1) is 0 Å². The van der Waals surface area contributed by atoms with E-state index >= 15 is 0 Å². The summed E-state index contributed by atoms with van der Waals surface area (Å²) in [6.07, 6.45) is 1.16. The van der Waals surface area contributed by atoms with Gasteiger partial charge in [-0.1, -0.05) is 19.4 Å². The average molecular weight is 427 g/mol. The average Bonchev–Trinajstić information content (AvgIpc) is 3.05. The van der Waals surface area contributed by atoms with E-state index in [0.29, 0.717) is 25.4 Å². The Morgan fingerprint density at radius 2 is 1.97 bits per heavy atom. The third-order valence-corrected chi connectivity index (χ3v) is 4.37. The number of aliphatic carboxylic acids is 1. The van der Waals surface area contributed by atoms with E-state index < -0.39 is 12.1 Å². The number of halogens is 3. The minimum absolute atomic E-state index is 0.0934. The Hall–Kier alpha value is -3.04.